The third kappa shape index (κ3) is 4.00. The van der Waals surface area contributed by atoms with Crippen LogP contribution in [0.2, 0.25) is 10.0 Å². The number of nitrogens with zero attached hydrogens (tertiary/aromatic N) is 3. The molecule has 1 N–H and O–H groups in total. The third-order valence-corrected chi connectivity index (χ3v) is 4.04. The number of benzene rings is 1. The van der Waals surface area contributed by atoms with E-state index in [0.29, 0.717) is 6.54 Å². The number of rotatable bonds is 6. The van der Waals surface area contributed by atoms with E-state index in [4.69, 9.17) is 23.2 Å². The zero-order valence-corrected chi connectivity index (χ0v) is 15.1. The van der Waals surface area contributed by atoms with E-state index in [1.54, 1.807) is 32.0 Å². The Morgan fingerprint density at radius 1 is 1.24 bits per heavy atom. The maximum atomic E-state index is 12.9. The van der Waals surface area contributed by atoms with E-state index in [1.165, 1.54) is 17.0 Å². The summed E-state index contributed by atoms with van der Waals surface area (Å²) in [4.78, 5) is 29.0. The molecule has 0 bridgehead atoms. The summed E-state index contributed by atoms with van der Waals surface area (Å²) >= 11 is 12.2. The van der Waals surface area contributed by atoms with Crippen LogP contribution in [0.4, 0.5) is 17.3 Å². The number of anilines is 2. The van der Waals surface area contributed by atoms with Crippen LogP contribution in [0.3, 0.4) is 0 Å². The van der Waals surface area contributed by atoms with Crippen molar-refractivity contribution in [3.05, 3.63) is 56.1 Å². The topological polar surface area (TPSA) is 88.4 Å². The van der Waals surface area contributed by atoms with E-state index >= 15 is 0 Å². The number of aromatic nitrogens is 1. The number of nitrogens with one attached hydrogen (secondary N) is 1. The average molecular weight is 383 g/mol. The number of pyridine rings is 1. The van der Waals surface area contributed by atoms with Gasteiger partial charge in [-0.25, -0.2) is 4.98 Å². The lowest BCUT2D eigenvalue weighted by Crippen LogP contribution is -2.32. The van der Waals surface area contributed by atoms with Gasteiger partial charge in [0.25, 0.3) is 5.91 Å². The lowest BCUT2D eigenvalue weighted by Gasteiger charge is -2.21. The first-order chi connectivity index (χ1) is 11.9. The molecule has 1 amide bonds. The first-order valence-electron chi connectivity index (χ1n) is 7.55. The van der Waals surface area contributed by atoms with Crippen LogP contribution in [0, 0.1) is 10.1 Å². The van der Waals surface area contributed by atoms with E-state index in [-0.39, 0.29) is 39.5 Å². The summed E-state index contributed by atoms with van der Waals surface area (Å²) in [6, 6.07) is 7.52. The number of amides is 1. The zero-order chi connectivity index (χ0) is 18.6. The monoisotopic (exact) mass is 382 g/mol. The minimum atomic E-state index is -0.530. The molecule has 1 heterocycles. The van der Waals surface area contributed by atoms with Crippen molar-refractivity contribution in [2.24, 2.45) is 0 Å². The van der Waals surface area contributed by atoms with Gasteiger partial charge in [0.2, 0.25) is 5.82 Å². The minimum Gasteiger partial charge on any atom is -0.365 e. The van der Waals surface area contributed by atoms with Gasteiger partial charge in [0, 0.05) is 19.2 Å². The molecule has 25 heavy (non-hydrogen) atoms. The largest absolute Gasteiger partial charge is 0.365 e. The van der Waals surface area contributed by atoms with Gasteiger partial charge in [-0.15, -0.1) is 0 Å². The van der Waals surface area contributed by atoms with Crippen molar-refractivity contribution in [1.82, 2.24) is 4.98 Å². The highest BCUT2D eigenvalue weighted by atomic mass is 35.5. The summed E-state index contributed by atoms with van der Waals surface area (Å²) in [6.07, 6.45) is 0. The van der Waals surface area contributed by atoms with Gasteiger partial charge in [-0.1, -0.05) is 29.3 Å². The second kappa shape index (κ2) is 8.13. The molecule has 0 spiro atoms. The molecule has 9 heteroatoms. The van der Waals surface area contributed by atoms with Crippen LogP contribution < -0.4 is 10.2 Å². The molecule has 0 aliphatic rings. The van der Waals surface area contributed by atoms with E-state index in [1.807, 2.05) is 0 Å². The Balaban J connectivity index is 2.48. The van der Waals surface area contributed by atoms with Crippen molar-refractivity contribution in [1.29, 1.82) is 0 Å². The molecule has 132 valence electrons. The molecule has 2 rings (SSSR count). The van der Waals surface area contributed by atoms with E-state index in [2.05, 4.69) is 10.3 Å². The molecule has 0 fully saturated rings. The number of hydrogen-bond acceptors (Lipinski definition) is 5. The smallest absolute Gasteiger partial charge is 0.311 e. The second-order valence-electron chi connectivity index (χ2n) is 4.97. The van der Waals surface area contributed by atoms with Crippen molar-refractivity contribution in [2.75, 3.05) is 23.3 Å². The summed E-state index contributed by atoms with van der Waals surface area (Å²) < 4.78 is 0. The zero-order valence-electron chi connectivity index (χ0n) is 13.6. The Bertz CT molecular complexity index is 794. The number of halogens is 2. The van der Waals surface area contributed by atoms with Gasteiger partial charge in [0.1, 0.15) is 5.82 Å². The number of nitro groups is 1. The molecule has 0 radical (unpaired) electrons. The molecule has 1 aromatic heterocycles. The number of hydrogen-bond donors (Lipinski definition) is 1. The van der Waals surface area contributed by atoms with Crippen molar-refractivity contribution >= 4 is 46.4 Å². The third-order valence-electron chi connectivity index (χ3n) is 3.41. The molecule has 0 aliphatic heterocycles. The molecule has 0 aliphatic carbocycles. The van der Waals surface area contributed by atoms with E-state index in [9.17, 15) is 14.9 Å². The summed E-state index contributed by atoms with van der Waals surface area (Å²) in [6.45, 7) is 4.30. The molecule has 7 nitrogen and oxygen atoms in total. The highest BCUT2D eigenvalue weighted by Crippen LogP contribution is 2.30. The number of carbonyl (C=O) groups excluding carboxylic acids is 1. The predicted octanol–water partition coefficient (Wildman–Crippen LogP) is 4.40. The van der Waals surface area contributed by atoms with E-state index in [0.717, 1.165) is 0 Å². The lowest BCUT2D eigenvalue weighted by atomic mass is 10.2. The maximum Gasteiger partial charge on any atom is 0.311 e. The normalized spacial score (nSPS) is 10.4. The maximum absolute atomic E-state index is 12.9. The minimum absolute atomic E-state index is 0.0986. The SMILES string of the molecule is CCNc1nc(N(CC)C(=O)c2c(Cl)cccc2Cl)ccc1[N+](=O)[O-]. The van der Waals surface area contributed by atoms with Crippen molar-refractivity contribution < 1.29 is 9.72 Å². The Labute approximate surface area is 154 Å². The molecule has 0 saturated heterocycles. The van der Waals surface area contributed by atoms with E-state index < -0.39 is 10.8 Å². The Kier molecular flexibility index (Phi) is 6.17. The Morgan fingerprint density at radius 2 is 1.88 bits per heavy atom. The first-order valence-corrected chi connectivity index (χ1v) is 8.31. The molecule has 1 aromatic carbocycles. The summed E-state index contributed by atoms with van der Waals surface area (Å²) in [5.74, 6) is -0.0616. The van der Waals surface area contributed by atoms with Crippen LogP contribution in [0.15, 0.2) is 30.3 Å². The van der Waals surface area contributed by atoms with Crippen LogP contribution in [0.25, 0.3) is 0 Å². The van der Waals surface area contributed by atoms with Gasteiger partial charge >= 0.3 is 5.69 Å². The van der Waals surface area contributed by atoms with Gasteiger partial charge in [-0.3, -0.25) is 19.8 Å². The summed E-state index contributed by atoms with van der Waals surface area (Å²) in [7, 11) is 0. The van der Waals surface area contributed by atoms with Gasteiger partial charge in [-0.05, 0) is 32.0 Å². The Hall–Kier alpha value is -2.38. The van der Waals surface area contributed by atoms with Gasteiger partial charge in [0.15, 0.2) is 0 Å². The van der Waals surface area contributed by atoms with Gasteiger partial charge in [-0.2, -0.15) is 0 Å². The Morgan fingerprint density at radius 3 is 2.40 bits per heavy atom. The number of carbonyl (C=O) groups is 1. The van der Waals surface area contributed by atoms with Crippen molar-refractivity contribution in [3.63, 3.8) is 0 Å². The fraction of sp³-hybridized carbons (Fsp3) is 0.250. The standard InChI is InChI=1S/C16H16Cl2N4O3/c1-3-19-15-12(22(24)25)8-9-13(20-15)21(4-2)16(23)14-10(17)6-5-7-11(14)18/h5-9H,3-4H2,1-2H3,(H,19,20). The van der Waals surface area contributed by atoms with Gasteiger partial charge < -0.3 is 5.32 Å². The molecule has 0 saturated carbocycles. The molecular weight excluding hydrogens is 367 g/mol. The van der Waals surface area contributed by atoms with Gasteiger partial charge in [0.05, 0.1) is 20.5 Å². The molecule has 2 aromatic rings. The van der Waals surface area contributed by atoms with Crippen LogP contribution in [0.5, 0.6) is 0 Å². The molecule has 0 unspecified atom stereocenters. The summed E-state index contributed by atoms with van der Waals surface area (Å²) in [5, 5.41) is 14.4. The average Bonchev–Trinajstić information content (AvgIpc) is 2.55. The fourth-order valence-electron chi connectivity index (χ4n) is 2.28. The lowest BCUT2D eigenvalue weighted by molar-refractivity contribution is -0.384. The van der Waals surface area contributed by atoms with Crippen molar-refractivity contribution in [2.45, 2.75) is 13.8 Å². The molecular formula is C16H16Cl2N4O3. The predicted molar refractivity (Wildman–Crippen MR) is 98.9 cm³/mol. The first kappa shape index (κ1) is 19.0. The molecule has 0 atom stereocenters. The van der Waals surface area contributed by atoms with Crippen LogP contribution in [-0.2, 0) is 0 Å². The quantitative estimate of drug-likeness (QED) is 0.590. The summed E-state index contributed by atoms with van der Waals surface area (Å²) in [5.41, 5.74) is 0.00251. The van der Waals surface area contributed by atoms with Crippen LogP contribution in [0.1, 0.15) is 24.2 Å². The van der Waals surface area contributed by atoms with Crippen LogP contribution >= 0.6 is 23.2 Å². The van der Waals surface area contributed by atoms with Crippen LogP contribution in [-0.4, -0.2) is 28.9 Å². The fourth-order valence-corrected chi connectivity index (χ4v) is 2.84. The highest BCUT2D eigenvalue weighted by Gasteiger charge is 2.24. The van der Waals surface area contributed by atoms with Crippen molar-refractivity contribution in [3.8, 4) is 0 Å². The second-order valence-corrected chi connectivity index (χ2v) is 5.79. The highest BCUT2D eigenvalue weighted by molar-refractivity contribution is 6.40.